The van der Waals surface area contributed by atoms with Crippen LogP contribution in [0.25, 0.3) is 0 Å². The lowest BCUT2D eigenvalue weighted by molar-refractivity contribution is -0.184. The molecular weight excluding hydrogens is 202 g/mol. The highest BCUT2D eigenvalue weighted by atomic mass is 16.7. The van der Waals surface area contributed by atoms with E-state index < -0.39 is 0 Å². The summed E-state index contributed by atoms with van der Waals surface area (Å²) >= 11 is 0. The summed E-state index contributed by atoms with van der Waals surface area (Å²) in [4.78, 5) is 0. The molecule has 0 rings (SSSR count). The molecule has 0 saturated heterocycles. The van der Waals surface area contributed by atoms with Crippen LogP contribution in [0, 0.1) is 10.8 Å². The van der Waals surface area contributed by atoms with Gasteiger partial charge in [0, 0.05) is 0 Å². The fraction of sp³-hybridized carbons (Fsp3) is 1.00. The van der Waals surface area contributed by atoms with Crippen molar-refractivity contribution in [3.8, 4) is 0 Å². The number of ether oxygens (including phenoxy) is 2. The average Bonchev–Trinajstić information content (AvgIpc) is 2.07. The van der Waals surface area contributed by atoms with Crippen LogP contribution in [-0.4, -0.2) is 26.2 Å². The maximum Gasteiger partial charge on any atom is 0.216 e. The molecule has 0 amide bonds. The van der Waals surface area contributed by atoms with Gasteiger partial charge in [-0.2, -0.15) is 0 Å². The summed E-state index contributed by atoms with van der Waals surface area (Å²) in [5.41, 5.74) is 0.331. The lowest BCUT2D eigenvalue weighted by atomic mass is 9.98. The molecule has 98 valence electrons. The third-order valence-electron chi connectivity index (χ3n) is 1.71. The van der Waals surface area contributed by atoms with Crippen molar-refractivity contribution in [1.82, 2.24) is 5.32 Å². The summed E-state index contributed by atoms with van der Waals surface area (Å²) in [6.45, 7) is 17.2. The molecule has 0 spiro atoms. The molecule has 0 aromatic rings. The van der Waals surface area contributed by atoms with Crippen LogP contribution >= 0.6 is 0 Å². The molecule has 0 aromatic heterocycles. The highest BCUT2D eigenvalue weighted by molar-refractivity contribution is 4.62. The number of rotatable bonds is 6. The Bertz CT molecular complexity index is 161. The van der Waals surface area contributed by atoms with Crippen molar-refractivity contribution in [1.29, 1.82) is 0 Å². The minimum Gasteiger partial charge on any atom is -0.339 e. The van der Waals surface area contributed by atoms with Crippen molar-refractivity contribution in [3.05, 3.63) is 0 Å². The predicted molar refractivity (Wildman–Crippen MR) is 68.3 cm³/mol. The van der Waals surface area contributed by atoms with Crippen molar-refractivity contribution in [3.63, 3.8) is 0 Å². The average molecular weight is 231 g/mol. The number of hydrogen-bond acceptors (Lipinski definition) is 3. The van der Waals surface area contributed by atoms with Crippen LogP contribution in [0.4, 0.5) is 0 Å². The smallest absolute Gasteiger partial charge is 0.216 e. The molecule has 3 nitrogen and oxygen atoms in total. The molecule has 0 fully saturated rings. The van der Waals surface area contributed by atoms with E-state index in [2.05, 4.69) is 46.9 Å². The first-order valence-electron chi connectivity index (χ1n) is 6.11. The summed E-state index contributed by atoms with van der Waals surface area (Å²) < 4.78 is 11.4. The highest BCUT2D eigenvalue weighted by Crippen LogP contribution is 2.16. The van der Waals surface area contributed by atoms with Crippen molar-refractivity contribution < 1.29 is 9.47 Å². The van der Waals surface area contributed by atoms with E-state index in [0.29, 0.717) is 13.2 Å². The first-order valence-corrected chi connectivity index (χ1v) is 6.11. The molecule has 0 unspecified atom stereocenters. The standard InChI is InChI=1S/C13H29NO2/c1-8-14-11(15-9-12(2,3)4)16-10-13(5,6)7/h11,14H,8-10H2,1-7H3. The van der Waals surface area contributed by atoms with Gasteiger partial charge in [0.1, 0.15) is 0 Å². The zero-order chi connectivity index (χ0) is 12.8. The van der Waals surface area contributed by atoms with E-state index in [0.717, 1.165) is 6.54 Å². The Morgan fingerprint density at radius 1 is 0.875 bits per heavy atom. The van der Waals surface area contributed by atoms with E-state index in [4.69, 9.17) is 9.47 Å². The Kier molecular flexibility index (Phi) is 6.53. The van der Waals surface area contributed by atoms with Gasteiger partial charge < -0.3 is 9.47 Å². The maximum atomic E-state index is 5.71. The first kappa shape index (κ1) is 15.9. The van der Waals surface area contributed by atoms with Crippen molar-refractivity contribution in [2.45, 2.75) is 54.9 Å². The largest absolute Gasteiger partial charge is 0.339 e. The van der Waals surface area contributed by atoms with Gasteiger partial charge in [0.05, 0.1) is 13.2 Å². The van der Waals surface area contributed by atoms with Crippen LogP contribution in [0.3, 0.4) is 0 Å². The van der Waals surface area contributed by atoms with Gasteiger partial charge in [-0.1, -0.05) is 48.5 Å². The van der Waals surface area contributed by atoms with Gasteiger partial charge in [-0.15, -0.1) is 0 Å². The molecule has 0 saturated carbocycles. The quantitative estimate of drug-likeness (QED) is 0.713. The summed E-state index contributed by atoms with van der Waals surface area (Å²) in [6, 6.07) is 0. The van der Waals surface area contributed by atoms with Crippen LogP contribution in [0.5, 0.6) is 0 Å². The van der Waals surface area contributed by atoms with E-state index in [-0.39, 0.29) is 17.2 Å². The Morgan fingerprint density at radius 2 is 1.25 bits per heavy atom. The summed E-state index contributed by atoms with van der Waals surface area (Å²) in [5, 5.41) is 3.18. The Morgan fingerprint density at radius 3 is 1.50 bits per heavy atom. The molecule has 1 N–H and O–H groups in total. The van der Waals surface area contributed by atoms with Crippen LogP contribution in [-0.2, 0) is 9.47 Å². The van der Waals surface area contributed by atoms with Crippen molar-refractivity contribution in [2.24, 2.45) is 10.8 Å². The maximum absolute atomic E-state index is 5.71. The molecule has 3 heteroatoms. The first-order chi connectivity index (χ1) is 7.14. The highest BCUT2D eigenvalue weighted by Gasteiger charge is 2.18. The molecule has 0 aromatic carbocycles. The third kappa shape index (κ3) is 10.4. The van der Waals surface area contributed by atoms with Gasteiger partial charge in [-0.3, -0.25) is 5.32 Å². The van der Waals surface area contributed by atoms with Crippen molar-refractivity contribution >= 4 is 0 Å². The van der Waals surface area contributed by atoms with Gasteiger partial charge in [0.2, 0.25) is 6.41 Å². The molecule has 16 heavy (non-hydrogen) atoms. The fourth-order valence-corrected chi connectivity index (χ4v) is 0.984. The van der Waals surface area contributed by atoms with Crippen LogP contribution in [0.15, 0.2) is 0 Å². The lowest BCUT2D eigenvalue weighted by Gasteiger charge is -2.27. The van der Waals surface area contributed by atoms with E-state index in [9.17, 15) is 0 Å². The van der Waals surface area contributed by atoms with Crippen LogP contribution in [0.1, 0.15) is 48.5 Å². The molecule has 0 aliphatic carbocycles. The molecule has 0 bridgehead atoms. The SMILES string of the molecule is CCNC(OCC(C)(C)C)OCC(C)(C)C. The molecule has 0 heterocycles. The Hall–Kier alpha value is -0.120. The fourth-order valence-electron chi connectivity index (χ4n) is 0.984. The predicted octanol–water partition coefficient (Wildman–Crippen LogP) is 3.00. The van der Waals surface area contributed by atoms with Gasteiger partial charge in [0.15, 0.2) is 0 Å². The number of hydrogen-bond donors (Lipinski definition) is 1. The van der Waals surface area contributed by atoms with E-state index in [1.54, 1.807) is 0 Å². The summed E-state index contributed by atoms with van der Waals surface area (Å²) in [6.07, 6.45) is -0.288. The second-order valence-electron chi connectivity index (χ2n) is 6.63. The Labute approximate surface area is 101 Å². The number of nitrogens with one attached hydrogen (secondary N) is 1. The summed E-state index contributed by atoms with van der Waals surface area (Å²) in [5.74, 6) is 0. The van der Waals surface area contributed by atoms with Crippen molar-refractivity contribution in [2.75, 3.05) is 19.8 Å². The van der Waals surface area contributed by atoms with Gasteiger partial charge in [-0.25, -0.2) is 0 Å². The van der Waals surface area contributed by atoms with Gasteiger partial charge in [0.25, 0.3) is 0 Å². The zero-order valence-electron chi connectivity index (χ0n) is 12.0. The molecule has 0 aliphatic rings. The van der Waals surface area contributed by atoms with Crippen LogP contribution < -0.4 is 5.32 Å². The second-order valence-corrected chi connectivity index (χ2v) is 6.63. The second kappa shape index (κ2) is 6.58. The monoisotopic (exact) mass is 231 g/mol. The topological polar surface area (TPSA) is 30.5 Å². The normalized spacial score (nSPS) is 13.5. The lowest BCUT2D eigenvalue weighted by Crippen LogP contribution is -2.38. The van der Waals surface area contributed by atoms with E-state index in [1.807, 2.05) is 6.92 Å². The van der Waals surface area contributed by atoms with Gasteiger partial charge in [-0.05, 0) is 17.4 Å². The van der Waals surface area contributed by atoms with E-state index in [1.165, 1.54) is 0 Å². The minimum atomic E-state index is -0.288. The molecule has 0 radical (unpaired) electrons. The van der Waals surface area contributed by atoms with Crippen LogP contribution in [0.2, 0.25) is 0 Å². The third-order valence-corrected chi connectivity index (χ3v) is 1.71. The molecule has 0 atom stereocenters. The Balaban J connectivity index is 3.98. The minimum absolute atomic E-state index is 0.165. The van der Waals surface area contributed by atoms with E-state index >= 15 is 0 Å². The molecular formula is C13H29NO2. The summed E-state index contributed by atoms with van der Waals surface area (Å²) in [7, 11) is 0. The van der Waals surface area contributed by atoms with Gasteiger partial charge >= 0.3 is 0 Å². The zero-order valence-corrected chi connectivity index (χ0v) is 12.0. The molecule has 0 aliphatic heterocycles.